The molecule has 4 nitrogen and oxygen atoms in total. The predicted octanol–water partition coefficient (Wildman–Crippen LogP) is 12.5. The number of thiophene rings is 2. The second-order valence-corrected chi connectivity index (χ2v) is 15.1. The first-order valence-electron chi connectivity index (χ1n) is 16.9. The number of fused-ring (bicyclic) bond motifs is 2. The Balaban J connectivity index is 1.28. The lowest BCUT2D eigenvalue weighted by Gasteiger charge is -2.12. The summed E-state index contributed by atoms with van der Waals surface area (Å²) in [5.74, 6) is 0. The molecule has 7 heteroatoms. The molecule has 0 fully saturated rings. The maximum Gasteiger partial charge on any atom is 0.116 e. The molecule has 0 spiro atoms. The minimum atomic E-state index is 0.898. The van der Waals surface area contributed by atoms with Crippen molar-refractivity contribution in [2.24, 2.45) is 0 Å². The van der Waals surface area contributed by atoms with Gasteiger partial charge in [-0.2, -0.15) is 8.75 Å². The van der Waals surface area contributed by atoms with E-state index in [4.69, 9.17) is 18.7 Å². The predicted molar refractivity (Wildman–Crippen MR) is 204 cm³/mol. The molecule has 7 aromatic rings. The van der Waals surface area contributed by atoms with Crippen LogP contribution in [0, 0.1) is 13.8 Å². The molecular weight excluding hydrogens is 633 g/mol. The van der Waals surface area contributed by atoms with Crippen LogP contribution in [0.5, 0.6) is 0 Å². The molecule has 0 aliphatic heterocycles. The molecular formula is C40H40N4S3. The zero-order chi connectivity index (χ0) is 32.3. The Kier molecular flexibility index (Phi) is 9.57. The van der Waals surface area contributed by atoms with E-state index in [0.29, 0.717) is 0 Å². The van der Waals surface area contributed by atoms with Crippen molar-refractivity contribution in [3.05, 3.63) is 95.3 Å². The SMILES string of the molecule is CCCCCc1ccc(-c2ccc(-c3c4nsnc4c(-c4ccc(-c5ccc(CCCCC)cc5)s4)c4nc(C)c(C)nc34)s2)cc1. The molecule has 0 N–H and O–H groups in total. The van der Waals surface area contributed by atoms with Crippen LogP contribution in [-0.4, -0.2) is 18.7 Å². The first-order chi connectivity index (χ1) is 23.0. The Morgan fingerprint density at radius 3 is 1.28 bits per heavy atom. The van der Waals surface area contributed by atoms with Gasteiger partial charge in [0.25, 0.3) is 0 Å². The van der Waals surface area contributed by atoms with Gasteiger partial charge in [0.05, 0.1) is 23.1 Å². The van der Waals surface area contributed by atoms with Crippen LogP contribution in [0.25, 0.3) is 63.8 Å². The highest BCUT2D eigenvalue weighted by atomic mass is 32.1. The van der Waals surface area contributed by atoms with Crippen molar-refractivity contribution in [3.8, 4) is 41.8 Å². The minimum absolute atomic E-state index is 0.898. The standard InChI is InChI=1S/C40H40N4S3/c1-5-7-9-11-27-13-17-29(18-14-27)31-21-23-33(45-31)35-37-38(42-26(4)25(3)41-37)36(40-39(35)43-47-44-40)34-24-22-32(46-34)30-19-15-28(16-20-30)12-10-8-6-2/h13-24H,5-12H2,1-4H3. The lowest BCUT2D eigenvalue weighted by molar-refractivity contribution is 0.717. The third kappa shape index (κ3) is 6.54. The lowest BCUT2D eigenvalue weighted by atomic mass is 10.0. The molecule has 0 atom stereocenters. The van der Waals surface area contributed by atoms with Crippen LogP contribution in [0.15, 0.2) is 72.8 Å². The number of aryl methyl sites for hydroxylation is 4. The Hall–Kier alpha value is -3.78. The molecule has 0 aliphatic carbocycles. The van der Waals surface area contributed by atoms with Gasteiger partial charge in [-0.25, -0.2) is 9.97 Å². The van der Waals surface area contributed by atoms with Crippen LogP contribution in [-0.2, 0) is 12.8 Å². The molecule has 0 bridgehead atoms. The van der Waals surface area contributed by atoms with Crippen LogP contribution in [0.4, 0.5) is 0 Å². The van der Waals surface area contributed by atoms with Gasteiger partial charge >= 0.3 is 0 Å². The highest BCUT2D eigenvalue weighted by molar-refractivity contribution is 7.19. The quantitative estimate of drug-likeness (QED) is 0.121. The van der Waals surface area contributed by atoms with Gasteiger partial charge in [-0.1, -0.05) is 88.1 Å². The molecule has 0 saturated heterocycles. The fourth-order valence-electron chi connectivity index (χ4n) is 6.24. The third-order valence-electron chi connectivity index (χ3n) is 9.06. The van der Waals surface area contributed by atoms with Gasteiger partial charge in [-0.15, -0.1) is 22.7 Å². The number of aromatic nitrogens is 4. The average Bonchev–Trinajstić information content (AvgIpc) is 3.88. The number of nitrogens with zero attached hydrogens (tertiary/aromatic N) is 4. The monoisotopic (exact) mass is 672 g/mol. The van der Waals surface area contributed by atoms with E-state index in [-0.39, 0.29) is 0 Å². The van der Waals surface area contributed by atoms with Crippen molar-refractivity contribution in [2.45, 2.75) is 79.1 Å². The molecule has 0 radical (unpaired) electrons. The van der Waals surface area contributed by atoms with Gasteiger partial charge in [0.2, 0.25) is 0 Å². The van der Waals surface area contributed by atoms with Crippen molar-refractivity contribution >= 4 is 56.5 Å². The molecule has 4 aromatic heterocycles. The van der Waals surface area contributed by atoms with Crippen LogP contribution in [0.1, 0.15) is 74.9 Å². The smallest absolute Gasteiger partial charge is 0.116 e. The summed E-state index contributed by atoms with van der Waals surface area (Å²) in [7, 11) is 0. The third-order valence-corrected chi connectivity index (χ3v) is 11.9. The van der Waals surface area contributed by atoms with Gasteiger partial charge in [-0.05, 0) is 86.1 Å². The van der Waals surface area contributed by atoms with E-state index in [1.54, 1.807) is 22.7 Å². The van der Waals surface area contributed by atoms with Gasteiger partial charge in [-0.3, -0.25) is 0 Å². The maximum absolute atomic E-state index is 5.19. The van der Waals surface area contributed by atoms with Crippen LogP contribution in [0.2, 0.25) is 0 Å². The van der Waals surface area contributed by atoms with E-state index >= 15 is 0 Å². The summed E-state index contributed by atoms with van der Waals surface area (Å²) in [5, 5.41) is 0. The molecule has 7 rings (SSSR count). The van der Waals surface area contributed by atoms with Crippen molar-refractivity contribution in [1.29, 1.82) is 0 Å². The van der Waals surface area contributed by atoms with Crippen molar-refractivity contribution in [1.82, 2.24) is 18.7 Å². The maximum atomic E-state index is 5.19. The van der Waals surface area contributed by atoms with E-state index in [0.717, 1.165) is 67.2 Å². The zero-order valence-electron chi connectivity index (χ0n) is 27.6. The van der Waals surface area contributed by atoms with E-state index < -0.39 is 0 Å². The second kappa shape index (κ2) is 14.1. The first kappa shape index (κ1) is 31.8. The lowest BCUT2D eigenvalue weighted by Crippen LogP contribution is -1.98. The van der Waals surface area contributed by atoms with Crippen molar-refractivity contribution in [3.63, 3.8) is 0 Å². The normalized spacial score (nSPS) is 11.7. The summed E-state index contributed by atoms with van der Waals surface area (Å²) in [6.45, 7) is 8.61. The average molecular weight is 673 g/mol. The number of benzene rings is 3. The number of hydrogen-bond acceptors (Lipinski definition) is 7. The van der Waals surface area contributed by atoms with Crippen molar-refractivity contribution < 1.29 is 0 Å². The van der Waals surface area contributed by atoms with Crippen LogP contribution >= 0.6 is 34.4 Å². The summed E-state index contributed by atoms with van der Waals surface area (Å²) in [5.41, 5.74) is 12.9. The molecule has 47 heavy (non-hydrogen) atoms. The van der Waals surface area contributed by atoms with Gasteiger partial charge in [0.1, 0.15) is 22.1 Å². The van der Waals surface area contributed by atoms with Crippen molar-refractivity contribution in [2.75, 3.05) is 0 Å². The first-order valence-corrected chi connectivity index (χ1v) is 19.2. The topological polar surface area (TPSA) is 51.6 Å². The number of rotatable bonds is 12. The second-order valence-electron chi connectivity index (χ2n) is 12.4. The fraction of sp³-hybridized carbons (Fsp3) is 0.300. The Bertz CT molecular complexity index is 1980. The van der Waals surface area contributed by atoms with Gasteiger partial charge < -0.3 is 0 Å². The molecule has 4 heterocycles. The largest absolute Gasteiger partial charge is 0.249 e. The summed E-state index contributed by atoms with van der Waals surface area (Å²) in [4.78, 5) is 15.1. The Labute approximate surface area is 289 Å². The van der Waals surface area contributed by atoms with E-state index in [1.165, 1.54) is 82.3 Å². The summed E-state index contributed by atoms with van der Waals surface area (Å²) in [6, 6.07) is 27.1. The molecule has 3 aromatic carbocycles. The minimum Gasteiger partial charge on any atom is -0.249 e. The van der Waals surface area contributed by atoms with E-state index in [9.17, 15) is 0 Å². The zero-order valence-corrected chi connectivity index (χ0v) is 30.0. The highest BCUT2D eigenvalue weighted by Crippen LogP contribution is 2.47. The van der Waals surface area contributed by atoms with Gasteiger partial charge in [0.15, 0.2) is 0 Å². The van der Waals surface area contributed by atoms with Crippen LogP contribution in [0.3, 0.4) is 0 Å². The molecule has 0 amide bonds. The number of hydrogen-bond donors (Lipinski definition) is 0. The van der Waals surface area contributed by atoms with Gasteiger partial charge in [0, 0.05) is 30.6 Å². The van der Waals surface area contributed by atoms with E-state index in [2.05, 4.69) is 86.6 Å². The Morgan fingerprint density at radius 2 is 0.872 bits per heavy atom. The molecule has 0 unspecified atom stereocenters. The summed E-state index contributed by atoms with van der Waals surface area (Å²) >= 11 is 4.85. The fourth-order valence-corrected chi connectivity index (χ4v) is 8.92. The number of unbranched alkanes of at least 4 members (excludes halogenated alkanes) is 4. The molecule has 238 valence electrons. The summed E-state index contributed by atoms with van der Waals surface area (Å²) < 4.78 is 9.78. The molecule has 0 saturated carbocycles. The Morgan fingerprint density at radius 1 is 0.468 bits per heavy atom. The summed E-state index contributed by atoms with van der Waals surface area (Å²) in [6.07, 6.45) is 9.85. The van der Waals surface area contributed by atoms with Crippen LogP contribution < -0.4 is 0 Å². The highest BCUT2D eigenvalue weighted by Gasteiger charge is 2.24. The van der Waals surface area contributed by atoms with E-state index in [1.807, 2.05) is 13.8 Å². The molecule has 0 aliphatic rings.